The van der Waals surface area contributed by atoms with E-state index in [0.717, 1.165) is 68.7 Å². The third kappa shape index (κ3) is 5.28. The van der Waals surface area contributed by atoms with Crippen molar-refractivity contribution in [3.63, 3.8) is 0 Å². The van der Waals surface area contributed by atoms with Gasteiger partial charge in [0.15, 0.2) is 0 Å². The molecule has 2 saturated heterocycles. The van der Waals surface area contributed by atoms with Gasteiger partial charge in [-0.1, -0.05) is 48.5 Å². The van der Waals surface area contributed by atoms with Gasteiger partial charge < -0.3 is 19.5 Å². The van der Waals surface area contributed by atoms with Crippen LogP contribution in [0.3, 0.4) is 0 Å². The molecule has 1 unspecified atom stereocenters. The molecule has 1 N–H and O–H groups in total. The van der Waals surface area contributed by atoms with Crippen LogP contribution < -0.4 is 5.69 Å². The van der Waals surface area contributed by atoms with E-state index in [1.54, 1.807) is 6.07 Å². The predicted molar refractivity (Wildman–Crippen MR) is 158 cm³/mol. The average molecular weight is 555 g/mol. The molecule has 0 saturated carbocycles. The molecule has 0 radical (unpaired) electrons. The molecule has 6 rings (SSSR count). The van der Waals surface area contributed by atoms with Crippen molar-refractivity contribution in [3.8, 4) is 0 Å². The normalized spacial score (nSPS) is 20.0. The molecule has 1 aromatic heterocycles. The number of esters is 1. The number of methoxy groups -OCH3 is 1. The van der Waals surface area contributed by atoms with E-state index < -0.39 is 5.41 Å². The van der Waals surface area contributed by atoms with E-state index in [4.69, 9.17) is 4.74 Å². The number of aromatic nitrogens is 2. The van der Waals surface area contributed by atoms with Crippen molar-refractivity contribution in [3.05, 3.63) is 99.2 Å². The van der Waals surface area contributed by atoms with Crippen molar-refractivity contribution < 1.29 is 14.3 Å². The third-order valence-corrected chi connectivity index (χ3v) is 9.27. The third-order valence-electron chi connectivity index (χ3n) is 9.27. The first-order chi connectivity index (χ1) is 20.0. The van der Waals surface area contributed by atoms with Crippen LogP contribution in [-0.4, -0.2) is 64.5 Å². The minimum Gasteiger partial charge on any atom is -0.465 e. The minimum atomic E-state index is -0.430. The van der Waals surface area contributed by atoms with E-state index in [1.165, 1.54) is 12.7 Å². The topological polar surface area (TPSA) is 87.6 Å². The van der Waals surface area contributed by atoms with Crippen LogP contribution in [0.5, 0.6) is 0 Å². The smallest absolute Gasteiger partial charge is 0.337 e. The zero-order chi connectivity index (χ0) is 28.4. The Bertz CT molecular complexity index is 1500. The van der Waals surface area contributed by atoms with Gasteiger partial charge in [0.2, 0.25) is 5.91 Å². The van der Waals surface area contributed by atoms with Crippen molar-refractivity contribution in [1.82, 2.24) is 19.4 Å². The zero-order valence-corrected chi connectivity index (χ0v) is 23.7. The number of carbonyl (C=O) groups is 2. The van der Waals surface area contributed by atoms with E-state index in [2.05, 4.69) is 40.2 Å². The lowest BCUT2D eigenvalue weighted by Crippen LogP contribution is -2.46. The molecule has 1 atom stereocenters. The summed E-state index contributed by atoms with van der Waals surface area (Å²) in [5.41, 5.74) is 4.27. The molecule has 214 valence electrons. The first-order valence-corrected chi connectivity index (χ1v) is 14.7. The number of rotatable bonds is 8. The fourth-order valence-corrected chi connectivity index (χ4v) is 7.10. The lowest BCUT2D eigenvalue weighted by atomic mass is 9.68. The number of imidazole rings is 1. The van der Waals surface area contributed by atoms with Gasteiger partial charge in [0.1, 0.15) is 0 Å². The lowest BCUT2D eigenvalue weighted by Gasteiger charge is -2.41. The quantitative estimate of drug-likeness (QED) is 0.422. The number of H-pyrrole nitrogens is 1. The second kappa shape index (κ2) is 11.5. The maximum Gasteiger partial charge on any atom is 0.337 e. The predicted octanol–water partition coefficient (Wildman–Crippen LogP) is 4.22. The number of ether oxygens (including phenoxy) is 1. The fraction of sp³-hybridized carbons (Fsp3) is 0.424. The Hall–Kier alpha value is -3.91. The maximum atomic E-state index is 14.2. The molecule has 3 heterocycles. The van der Waals surface area contributed by atoms with E-state index in [1.807, 2.05) is 39.8 Å². The minimum absolute atomic E-state index is 0.0152. The van der Waals surface area contributed by atoms with Gasteiger partial charge in [0, 0.05) is 31.2 Å². The van der Waals surface area contributed by atoms with Gasteiger partial charge in [0.05, 0.1) is 23.8 Å². The number of piperidine rings is 1. The highest BCUT2D eigenvalue weighted by Crippen LogP contribution is 2.51. The Labute approximate surface area is 240 Å². The SMILES string of the molecule is COC(=O)c1cccc(CN2CC(c3ccccc3)C3(CCN(CCCn4c5c([nH]c4=O)C=CCC5)CC3)C2=O)c1. The highest BCUT2D eigenvalue weighted by molar-refractivity contribution is 5.89. The number of likely N-dealkylation sites (tertiary alicyclic amines) is 2. The van der Waals surface area contributed by atoms with Crippen molar-refractivity contribution in [1.29, 1.82) is 0 Å². The molecule has 3 aromatic rings. The maximum absolute atomic E-state index is 14.2. The van der Waals surface area contributed by atoms with Crippen LogP contribution >= 0.6 is 0 Å². The summed E-state index contributed by atoms with van der Waals surface area (Å²) in [5.74, 6) is -0.0307. The Balaban J connectivity index is 1.14. The summed E-state index contributed by atoms with van der Waals surface area (Å²) < 4.78 is 6.80. The van der Waals surface area contributed by atoms with Crippen LogP contribution in [0.4, 0.5) is 0 Å². The molecule has 1 amide bonds. The van der Waals surface area contributed by atoms with Crippen LogP contribution in [-0.2, 0) is 29.0 Å². The van der Waals surface area contributed by atoms with Crippen LogP contribution in [0.1, 0.15) is 64.5 Å². The number of amides is 1. The Morgan fingerprint density at radius 3 is 2.63 bits per heavy atom. The van der Waals surface area contributed by atoms with Crippen molar-refractivity contribution >= 4 is 18.0 Å². The number of benzene rings is 2. The summed E-state index contributed by atoms with van der Waals surface area (Å²) in [7, 11) is 1.38. The molecule has 41 heavy (non-hydrogen) atoms. The second-order valence-corrected chi connectivity index (χ2v) is 11.6. The molecule has 8 heteroatoms. The van der Waals surface area contributed by atoms with E-state index in [9.17, 15) is 14.4 Å². The van der Waals surface area contributed by atoms with Gasteiger partial charge in [0.25, 0.3) is 0 Å². The summed E-state index contributed by atoms with van der Waals surface area (Å²) in [6, 6.07) is 17.8. The summed E-state index contributed by atoms with van der Waals surface area (Å²) in [5, 5.41) is 0. The zero-order valence-electron chi connectivity index (χ0n) is 23.7. The first kappa shape index (κ1) is 27.3. The summed E-state index contributed by atoms with van der Waals surface area (Å²) >= 11 is 0. The number of nitrogens with zero attached hydrogens (tertiary/aromatic N) is 3. The largest absolute Gasteiger partial charge is 0.465 e. The van der Waals surface area contributed by atoms with Gasteiger partial charge in [-0.25, -0.2) is 9.59 Å². The molecule has 3 aliphatic rings. The van der Waals surface area contributed by atoms with E-state index in [-0.39, 0.29) is 23.5 Å². The molecule has 1 aliphatic carbocycles. The Morgan fingerprint density at radius 2 is 1.85 bits per heavy atom. The monoisotopic (exact) mass is 554 g/mol. The number of carbonyl (C=O) groups excluding carboxylic acids is 2. The molecule has 8 nitrogen and oxygen atoms in total. The second-order valence-electron chi connectivity index (χ2n) is 11.6. The van der Waals surface area contributed by atoms with Crippen molar-refractivity contribution in [2.45, 2.75) is 51.1 Å². The van der Waals surface area contributed by atoms with Gasteiger partial charge in [-0.15, -0.1) is 0 Å². The molecular weight excluding hydrogens is 516 g/mol. The van der Waals surface area contributed by atoms with E-state index in [0.29, 0.717) is 25.2 Å². The van der Waals surface area contributed by atoms with Gasteiger partial charge >= 0.3 is 11.7 Å². The lowest BCUT2D eigenvalue weighted by molar-refractivity contribution is -0.139. The van der Waals surface area contributed by atoms with Gasteiger partial charge in [-0.05, 0) is 81.1 Å². The molecule has 2 aromatic carbocycles. The molecule has 2 aliphatic heterocycles. The molecular formula is C33H38N4O4. The standard InChI is InChI=1S/C33H38N4O4/c1-41-30(38)26-12-7-9-24(21-26)22-36-23-27(25-10-3-2-4-11-25)33(31(36)39)15-19-35(20-16-33)17-8-18-37-29-14-6-5-13-28(29)34-32(37)40/h2-5,7,9-13,21,27H,6,8,14-20,22-23H2,1H3,(H,34,40). The molecule has 2 fully saturated rings. The van der Waals surface area contributed by atoms with Gasteiger partial charge in [-0.2, -0.15) is 0 Å². The first-order valence-electron chi connectivity index (χ1n) is 14.7. The summed E-state index contributed by atoms with van der Waals surface area (Å²) in [4.78, 5) is 46.1. The highest BCUT2D eigenvalue weighted by Gasteiger charge is 2.55. The van der Waals surface area contributed by atoms with E-state index >= 15 is 0 Å². The Morgan fingerprint density at radius 1 is 1.05 bits per heavy atom. The molecule has 1 spiro atoms. The number of nitrogens with one attached hydrogen (secondary N) is 1. The van der Waals surface area contributed by atoms with Gasteiger partial charge in [-0.3, -0.25) is 9.36 Å². The number of hydrogen-bond acceptors (Lipinski definition) is 5. The molecule has 0 bridgehead atoms. The van der Waals surface area contributed by atoms with Crippen molar-refractivity contribution in [2.75, 3.05) is 33.3 Å². The fourth-order valence-electron chi connectivity index (χ4n) is 7.10. The van der Waals surface area contributed by atoms with Crippen LogP contribution in [0.2, 0.25) is 0 Å². The van der Waals surface area contributed by atoms with Crippen LogP contribution in [0.25, 0.3) is 6.08 Å². The summed E-state index contributed by atoms with van der Waals surface area (Å²) in [6.45, 7) is 4.49. The Kier molecular flexibility index (Phi) is 7.67. The number of aromatic amines is 1. The average Bonchev–Trinajstić information content (AvgIpc) is 3.47. The number of fused-ring (bicyclic) bond motifs is 1. The van der Waals surface area contributed by atoms with Crippen LogP contribution in [0.15, 0.2) is 65.5 Å². The highest BCUT2D eigenvalue weighted by atomic mass is 16.5. The van der Waals surface area contributed by atoms with Crippen LogP contribution in [0, 0.1) is 5.41 Å². The van der Waals surface area contributed by atoms with Crippen molar-refractivity contribution in [2.24, 2.45) is 5.41 Å². The summed E-state index contributed by atoms with van der Waals surface area (Å²) in [6.07, 6.45) is 8.54. The number of hydrogen-bond donors (Lipinski definition) is 1. The number of allylic oxidation sites excluding steroid dienone is 1.